The maximum absolute atomic E-state index is 13.4. The van der Waals surface area contributed by atoms with Gasteiger partial charge in [0.15, 0.2) is 0 Å². The van der Waals surface area contributed by atoms with Gasteiger partial charge in [-0.05, 0) is 85.8 Å². The molecule has 2 aromatic heterocycles. The van der Waals surface area contributed by atoms with Crippen LogP contribution in [0.25, 0.3) is 21.8 Å². The van der Waals surface area contributed by atoms with Gasteiger partial charge in [0.25, 0.3) is 0 Å². The van der Waals surface area contributed by atoms with Gasteiger partial charge >= 0.3 is 0 Å². The Labute approximate surface area is 217 Å². The first-order chi connectivity index (χ1) is 18.2. The monoisotopic (exact) mass is 492 g/mol. The van der Waals surface area contributed by atoms with Crippen LogP contribution in [0.5, 0.6) is 0 Å². The number of anilines is 1. The first-order valence-electron chi connectivity index (χ1n) is 13.6. The third-order valence-corrected chi connectivity index (χ3v) is 8.91. The van der Waals surface area contributed by atoms with Gasteiger partial charge in [-0.15, -0.1) is 0 Å². The zero-order valence-corrected chi connectivity index (χ0v) is 21.1. The Bertz CT molecular complexity index is 1450. The summed E-state index contributed by atoms with van der Waals surface area (Å²) >= 11 is 0. The highest BCUT2D eigenvalue weighted by Crippen LogP contribution is 2.47. The van der Waals surface area contributed by atoms with E-state index in [0.717, 1.165) is 51.3 Å². The van der Waals surface area contributed by atoms with Crippen LogP contribution in [-0.2, 0) is 5.41 Å². The number of aromatic nitrogens is 2. The molecule has 2 aliphatic heterocycles. The van der Waals surface area contributed by atoms with Crippen LogP contribution < -0.4 is 4.90 Å². The minimum Gasteiger partial charge on any atom is -0.371 e. The molecule has 0 saturated carbocycles. The van der Waals surface area contributed by atoms with E-state index >= 15 is 0 Å². The maximum Gasteiger partial charge on any atom is 0.123 e. The molecule has 2 N–H and O–H groups in total. The fraction of sp³-hybridized carbons (Fsp3) is 0.312. The van der Waals surface area contributed by atoms with E-state index < -0.39 is 0 Å². The molecule has 0 spiro atoms. The average Bonchev–Trinajstić information content (AvgIpc) is 3.69. The second kappa shape index (κ2) is 9.07. The summed E-state index contributed by atoms with van der Waals surface area (Å²) in [4.78, 5) is 12.2. The summed E-state index contributed by atoms with van der Waals surface area (Å²) in [6, 6.07) is 24.4. The van der Waals surface area contributed by atoms with E-state index in [9.17, 15) is 4.39 Å². The molecule has 0 bridgehead atoms. The quantitative estimate of drug-likeness (QED) is 0.287. The normalized spacial score (nSPS) is 20.2. The van der Waals surface area contributed by atoms with Crippen molar-refractivity contribution in [2.45, 2.75) is 24.7 Å². The van der Waals surface area contributed by atoms with Crippen LogP contribution in [0.15, 0.2) is 85.2 Å². The number of hydrogen-bond donors (Lipinski definition) is 2. The highest BCUT2D eigenvalue weighted by Gasteiger charge is 2.41. The summed E-state index contributed by atoms with van der Waals surface area (Å²) < 4.78 is 13.4. The van der Waals surface area contributed by atoms with Crippen molar-refractivity contribution in [3.8, 4) is 0 Å². The summed E-state index contributed by atoms with van der Waals surface area (Å²) in [5.74, 6) is 0.487. The molecule has 3 aromatic carbocycles. The zero-order chi connectivity index (χ0) is 24.8. The fourth-order valence-electron chi connectivity index (χ4n) is 6.97. The van der Waals surface area contributed by atoms with E-state index in [1.165, 1.54) is 39.4 Å². The van der Waals surface area contributed by atoms with Crippen molar-refractivity contribution in [2.24, 2.45) is 5.92 Å². The van der Waals surface area contributed by atoms with E-state index in [-0.39, 0.29) is 11.2 Å². The van der Waals surface area contributed by atoms with Crippen molar-refractivity contribution in [1.82, 2.24) is 14.9 Å². The molecule has 0 amide bonds. The molecule has 2 aliphatic rings. The number of rotatable bonds is 5. The van der Waals surface area contributed by atoms with E-state index in [1.54, 1.807) is 12.1 Å². The summed E-state index contributed by atoms with van der Waals surface area (Å²) in [5.41, 5.74) is 6.40. The average molecular weight is 493 g/mol. The van der Waals surface area contributed by atoms with Crippen LogP contribution in [0.2, 0.25) is 0 Å². The van der Waals surface area contributed by atoms with Gasteiger partial charge < -0.3 is 19.8 Å². The molecule has 1 unspecified atom stereocenters. The summed E-state index contributed by atoms with van der Waals surface area (Å²) in [6.45, 7) is 5.42. The number of hydrogen-bond acceptors (Lipinski definition) is 2. The summed E-state index contributed by atoms with van der Waals surface area (Å²) in [6.07, 6.45) is 7.93. The van der Waals surface area contributed by atoms with Crippen molar-refractivity contribution in [1.29, 1.82) is 0 Å². The number of benzene rings is 3. The number of fused-ring (bicyclic) bond motifs is 2. The van der Waals surface area contributed by atoms with Gasteiger partial charge in [0.2, 0.25) is 0 Å². The molecule has 0 aliphatic carbocycles. The lowest BCUT2D eigenvalue weighted by Gasteiger charge is -2.43. The SMILES string of the molecule is Fc1ccc(N2CCC(CN3CCC(c4c[nH]c5ccccc45)(c4c[nH]c5ccccc45)CC3)C2)cc1. The van der Waals surface area contributed by atoms with Crippen LogP contribution >= 0.6 is 0 Å². The maximum atomic E-state index is 13.4. The number of aromatic amines is 2. The number of para-hydroxylation sites is 2. The van der Waals surface area contributed by atoms with Gasteiger partial charge in [-0.1, -0.05) is 36.4 Å². The third-order valence-electron chi connectivity index (χ3n) is 8.91. The predicted molar refractivity (Wildman–Crippen MR) is 150 cm³/mol. The van der Waals surface area contributed by atoms with Gasteiger partial charge in [-0.2, -0.15) is 0 Å². The number of likely N-dealkylation sites (tertiary alicyclic amines) is 1. The number of nitrogens with zero attached hydrogens (tertiary/aromatic N) is 2. The lowest BCUT2D eigenvalue weighted by atomic mass is 9.67. The molecule has 5 aromatic rings. The first-order valence-corrected chi connectivity index (χ1v) is 13.6. The molecule has 4 heterocycles. The van der Waals surface area contributed by atoms with Crippen LogP contribution in [0.1, 0.15) is 30.4 Å². The van der Waals surface area contributed by atoms with Gasteiger partial charge in [-0.3, -0.25) is 0 Å². The second-order valence-corrected chi connectivity index (χ2v) is 11.0. The smallest absolute Gasteiger partial charge is 0.123 e. The van der Waals surface area contributed by atoms with Crippen molar-refractivity contribution >= 4 is 27.5 Å². The number of nitrogens with one attached hydrogen (secondary N) is 2. The summed E-state index contributed by atoms with van der Waals surface area (Å²) in [7, 11) is 0. The molecule has 5 heteroatoms. The Morgan fingerprint density at radius 3 is 1.97 bits per heavy atom. The highest BCUT2D eigenvalue weighted by atomic mass is 19.1. The Morgan fingerprint density at radius 2 is 1.35 bits per heavy atom. The van der Waals surface area contributed by atoms with Crippen molar-refractivity contribution in [3.05, 3.63) is 102 Å². The molecular formula is C32H33FN4. The largest absolute Gasteiger partial charge is 0.371 e. The Morgan fingerprint density at radius 1 is 0.757 bits per heavy atom. The molecule has 4 nitrogen and oxygen atoms in total. The predicted octanol–water partition coefficient (Wildman–Crippen LogP) is 6.70. The van der Waals surface area contributed by atoms with Crippen molar-refractivity contribution < 1.29 is 4.39 Å². The minimum absolute atomic E-state index is 0.0223. The standard InChI is InChI=1S/C32H33FN4/c33-24-9-11-25(12-10-24)37-16-13-23(22-37)21-36-17-14-32(15-18-36,28-19-34-30-7-3-1-5-26(28)30)29-20-35-31-8-4-2-6-27(29)31/h1-12,19-20,23,34-35H,13-18,21-22H2. The molecule has 7 rings (SSSR count). The van der Waals surface area contributed by atoms with Crippen molar-refractivity contribution in [3.63, 3.8) is 0 Å². The molecule has 37 heavy (non-hydrogen) atoms. The topological polar surface area (TPSA) is 38.1 Å². The number of piperidine rings is 1. The highest BCUT2D eigenvalue weighted by molar-refractivity contribution is 5.89. The van der Waals surface area contributed by atoms with Gasteiger partial charge in [0.1, 0.15) is 5.82 Å². The fourth-order valence-corrected chi connectivity index (χ4v) is 6.97. The molecule has 0 radical (unpaired) electrons. The van der Waals surface area contributed by atoms with Crippen LogP contribution in [0, 0.1) is 11.7 Å². The molecule has 2 fully saturated rings. The van der Waals surface area contributed by atoms with E-state index in [0.29, 0.717) is 5.92 Å². The van der Waals surface area contributed by atoms with Crippen LogP contribution in [-0.4, -0.2) is 47.6 Å². The Kier molecular flexibility index (Phi) is 5.54. The zero-order valence-electron chi connectivity index (χ0n) is 21.1. The second-order valence-electron chi connectivity index (χ2n) is 11.0. The number of halogens is 1. The van der Waals surface area contributed by atoms with E-state index in [4.69, 9.17) is 0 Å². The van der Waals surface area contributed by atoms with Crippen LogP contribution in [0.4, 0.5) is 10.1 Å². The lowest BCUT2D eigenvalue weighted by Crippen LogP contribution is -2.45. The van der Waals surface area contributed by atoms with Crippen molar-refractivity contribution in [2.75, 3.05) is 37.6 Å². The van der Waals surface area contributed by atoms with E-state index in [1.807, 2.05) is 12.1 Å². The number of H-pyrrole nitrogens is 2. The lowest BCUT2D eigenvalue weighted by molar-refractivity contribution is 0.161. The van der Waals surface area contributed by atoms with Gasteiger partial charge in [0.05, 0.1) is 0 Å². The summed E-state index contributed by atoms with van der Waals surface area (Å²) in [5, 5.41) is 2.68. The minimum atomic E-state index is -0.165. The molecule has 2 saturated heterocycles. The molecular weight excluding hydrogens is 459 g/mol. The first kappa shape index (κ1) is 22.6. The third kappa shape index (κ3) is 3.93. The van der Waals surface area contributed by atoms with Gasteiger partial charge in [0, 0.05) is 64.9 Å². The van der Waals surface area contributed by atoms with Gasteiger partial charge in [-0.25, -0.2) is 4.39 Å². The molecule has 1 atom stereocenters. The van der Waals surface area contributed by atoms with Crippen LogP contribution in [0.3, 0.4) is 0 Å². The Balaban J connectivity index is 1.14. The van der Waals surface area contributed by atoms with E-state index in [2.05, 4.69) is 80.7 Å². The molecule has 188 valence electrons. The Hall–Kier alpha value is -3.57.